The second kappa shape index (κ2) is 9.43. The molecule has 0 aromatic heterocycles. The number of nitrogens with one attached hydrogen (secondary N) is 1. The van der Waals surface area contributed by atoms with Gasteiger partial charge in [0.15, 0.2) is 0 Å². The summed E-state index contributed by atoms with van der Waals surface area (Å²) < 4.78 is 0. The zero-order chi connectivity index (χ0) is 14.0. The van der Waals surface area contributed by atoms with Gasteiger partial charge in [-0.2, -0.15) is 11.8 Å². The number of benzene rings is 1. The van der Waals surface area contributed by atoms with Crippen molar-refractivity contribution in [1.29, 1.82) is 0 Å². The van der Waals surface area contributed by atoms with Crippen molar-refractivity contribution in [2.45, 2.75) is 38.3 Å². The predicted molar refractivity (Wildman–Crippen MR) is 90.4 cm³/mol. The molecule has 1 aromatic rings. The molecule has 0 spiro atoms. The van der Waals surface area contributed by atoms with Gasteiger partial charge in [-0.3, -0.25) is 4.90 Å². The highest BCUT2D eigenvalue weighted by Crippen LogP contribution is 2.13. The van der Waals surface area contributed by atoms with Crippen molar-refractivity contribution >= 4 is 11.8 Å². The molecule has 2 nitrogen and oxygen atoms in total. The summed E-state index contributed by atoms with van der Waals surface area (Å²) in [6.45, 7) is 4.74. The molecule has 1 aliphatic rings. The lowest BCUT2D eigenvalue weighted by Gasteiger charge is -2.33. The first-order valence-corrected chi connectivity index (χ1v) is 9.26. The van der Waals surface area contributed by atoms with Crippen LogP contribution in [-0.2, 0) is 6.54 Å². The van der Waals surface area contributed by atoms with Gasteiger partial charge in [-0.25, -0.2) is 0 Å². The van der Waals surface area contributed by atoms with Gasteiger partial charge in [0.25, 0.3) is 0 Å². The Labute approximate surface area is 128 Å². The Morgan fingerprint density at radius 3 is 2.90 bits per heavy atom. The first-order chi connectivity index (χ1) is 9.88. The van der Waals surface area contributed by atoms with Gasteiger partial charge in [0.1, 0.15) is 0 Å². The molecule has 1 fully saturated rings. The molecular weight excluding hydrogens is 264 g/mol. The van der Waals surface area contributed by atoms with Crippen LogP contribution < -0.4 is 5.32 Å². The summed E-state index contributed by atoms with van der Waals surface area (Å²) in [4.78, 5) is 2.60. The third-order valence-electron chi connectivity index (χ3n) is 3.96. The van der Waals surface area contributed by atoms with Crippen molar-refractivity contribution in [2.75, 3.05) is 31.6 Å². The molecule has 20 heavy (non-hydrogen) atoms. The Balaban J connectivity index is 1.66. The van der Waals surface area contributed by atoms with E-state index in [1.54, 1.807) is 0 Å². The second-order valence-corrected chi connectivity index (χ2v) is 6.70. The fraction of sp³-hybridized carbons (Fsp3) is 0.647. The van der Waals surface area contributed by atoms with Gasteiger partial charge in [-0.1, -0.05) is 30.3 Å². The smallest absolute Gasteiger partial charge is 0.0234 e. The van der Waals surface area contributed by atoms with Gasteiger partial charge in [-0.05, 0) is 56.3 Å². The number of nitrogens with zero attached hydrogens (tertiary/aromatic N) is 1. The van der Waals surface area contributed by atoms with Gasteiger partial charge in [0, 0.05) is 19.1 Å². The Morgan fingerprint density at radius 1 is 1.25 bits per heavy atom. The van der Waals surface area contributed by atoms with Crippen LogP contribution in [0.3, 0.4) is 0 Å². The summed E-state index contributed by atoms with van der Waals surface area (Å²) in [5, 5.41) is 3.75. The van der Waals surface area contributed by atoms with Gasteiger partial charge >= 0.3 is 0 Å². The Hall–Kier alpha value is -0.510. The molecule has 1 unspecified atom stereocenters. The van der Waals surface area contributed by atoms with Crippen LogP contribution in [0.2, 0.25) is 0 Å². The van der Waals surface area contributed by atoms with Crippen molar-refractivity contribution in [2.24, 2.45) is 0 Å². The number of unbranched alkanes of at least 4 members (excludes halogenated alkanes) is 1. The number of likely N-dealkylation sites (tertiary alicyclic amines) is 1. The first-order valence-electron chi connectivity index (χ1n) is 7.87. The van der Waals surface area contributed by atoms with Crippen LogP contribution in [0.4, 0.5) is 0 Å². The van der Waals surface area contributed by atoms with Crippen molar-refractivity contribution in [1.82, 2.24) is 10.2 Å². The fourth-order valence-electron chi connectivity index (χ4n) is 2.88. The van der Waals surface area contributed by atoms with Crippen LogP contribution in [0.15, 0.2) is 30.3 Å². The molecule has 1 saturated heterocycles. The average Bonchev–Trinajstić information content (AvgIpc) is 2.48. The molecule has 0 saturated carbocycles. The molecule has 0 bridgehead atoms. The van der Waals surface area contributed by atoms with Crippen LogP contribution in [0.1, 0.15) is 31.2 Å². The van der Waals surface area contributed by atoms with Crippen LogP contribution in [0.5, 0.6) is 0 Å². The lowest BCUT2D eigenvalue weighted by atomic mass is 10.0. The van der Waals surface area contributed by atoms with Gasteiger partial charge in [0.05, 0.1) is 0 Å². The van der Waals surface area contributed by atoms with Crippen molar-refractivity contribution in [3.63, 3.8) is 0 Å². The molecule has 1 atom stereocenters. The van der Waals surface area contributed by atoms with Crippen LogP contribution in [0.25, 0.3) is 0 Å². The van der Waals surface area contributed by atoms with Crippen LogP contribution in [-0.4, -0.2) is 42.6 Å². The largest absolute Gasteiger partial charge is 0.313 e. The maximum atomic E-state index is 3.75. The molecule has 1 N–H and O–H groups in total. The molecule has 2 rings (SSSR count). The predicted octanol–water partition coefficient (Wildman–Crippen LogP) is 3.38. The standard InChI is InChI=1S/C17H28N2S/c1-20-13-6-5-11-18-17-10-7-12-19(15-17)14-16-8-3-2-4-9-16/h2-4,8-9,17-18H,5-7,10-15H2,1H3. The third-order valence-corrected chi connectivity index (χ3v) is 4.66. The zero-order valence-corrected chi connectivity index (χ0v) is 13.5. The van der Waals surface area contributed by atoms with Crippen molar-refractivity contribution < 1.29 is 0 Å². The first kappa shape index (κ1) is 15.9. The minimum absolute atomic E-state index is 0.696. The molecule has 0 amide bonds. The Kier molecular flexibility index (Phi) is 7.48. The molecular formula is C17H28N2S. The Morgan fingerprint density at radius 2 is 2.10 bits per heavy atom. The highest BCUT2D eigenvalue weighted by molar-refractivity contribution is 7.98. The maximum absolute atomic E-state index is 3.75. The highest BCUT2D eigenvalue weighted by atomic mass is 32.2. The number of piperidine rings is 1. The highest BCUT2D eigenvalue weighted by Gasteiger charge is 2.18. The molecule has 112 valence electrons. The molecule has 0 aliphatic carbocycles. The van der Waals surface area contributed by atoms with Gasteiger partial charge in [-0.15, -0.1) is 0 Å². The molecule has 3 heteroatoms. The van der Waals surface area contributed by atoms with E-state index in [0.717, 1.165) is 6.54 Å². The Bertz CT molecular complexity index is 355. The normalized spacial score (nSPS) is 20.1. The van der Waals surface area contributed by atoms with E-state index < -0.39 is 0 Å². The number of thioether (sulfide) groups is 1. The topological polar surface area (TPSA) is 15.3 Å². The monoisotopic (exact) mass is 292 g/mol. The van der Waals surface area contributed by atoms with Crippen molar-refractivity contribution in [3.8, 4) is 0 Å². The molecule has 1 aliphatic heterocycles. The summed E-state index contributed by atoms with van der Waals surface area (Å²) in [7, 11) is 0. The molecule has 1 heterocycles. The third kappa shape index (κ3) is 5.86. The summed E-state index contributed by atoms with van der Waals surface area (Å²) in [5.74, 6) is 1.30. The summed E-state index contributed by atoms with van der Waals surface area (Å²) in [5.41, 5.74) is 1.44. The average molecular weight is 292 g/mol. The van der Waals surface area contributed by atoms with E-state index in [0.29, 0.717) is 6.04 Å². The molecule has 0 radical (unpaired) electrons. The van der Waals surface area contributed by atoms with Crippen LogP contribution in [0, 0.1) is 0 Å². The number of hydrogen-bond donors (Lipinski definition) is 1. The minimum atomic E-state index is 0.696. The van der Waals surface area contributed by atoms with Gasteiger partial charge in [0.2, 0.25) is 0 Å². The summed E-state index contributed by atoms with van der Waals surface area (Å²) in [6, 6.07) is 11.5. The van der Waals surface area contributed by atoms with E-state index in [-0.39, 0.29) is 0 Å². The zero-order valence-electron chi connectivity index (χ0n) is 12.7. The van der Waals surface area contributed by atoms with E-state index in [2.05, 4.69) is 46.8 Å². The van der Waals surface area contributed by atoms with E-state index in [9.17, 15) is 0 Å². The molecule has 1 aromatic carbocycles. The van der Waals surface area contributed by atoms with E-state index in [1.807, 2.05) is 11.8 Å². The van der Waals surface area contributed by atoms with E-state index >= 15 is 0 Å². The summed E-state index contributed by atoms with van der Waals surface area (Å²) in [6.07, 6.45) is 7.52. The fourth-order valence-corrected chi connectivity index (χ4v) is 3.38. The lowest BCUT2D eigenvalue weighted by Crippen LogP contribution is -2.45. The van der Waals surface area contributed by atoms with Gasteiger partial charge < -0.3 is 5.32 Å². The quantitative estimate of drug-likeness (QED) is 0.740. The number of rotatable bonds is 8. The van der Waals surface area contributed by atoms with Crippen molar-refractivity contribution in [3.05, 3.63) is 35.9 Å². The lowest BCUT2D eigenvalue weighted by molar-refractivity contribution is 0.183. The second-order valence-electron chi connectivity index (χ2n) is 5.71. The van der Waals surface area contributed by atoms with Crippen LogP contribution >= 0.6 is 11.8 Å². The summed E-state index contributed by atoms with van der Waals surface area (Å²) >= 11 is 1.95. The minimum Gasteiger partial charge on any atom is -0.313 e. The van der Waals surface area contributed by atoms with E-state index in [1.165, 1.54) is 56.6 Å². The van der Waals surface area contributed by atoms with E-state index in [4.69, 9.17) is 0 Å². The SMILES string of the molecule is CSCCCCNC1CCCN(Cc2ccccc2)C1. The number of hydrogen-bond acceptors (Lipinski definition) is 3. The maximum Gasteiger partial charge on any atom is 0.0234 e.